The van der Waals surface area contributed by atoms with Crippen molar-refractivity contribution in [2.45, 2.75) is 478 Å². The first kappa shape index (κ1) is 104. The number of hydrogen-bond donors (Lipinski definition) is 3. The van der Waals surface area contributed by atoms with Crippen molar-refractivity contribution in [2.24, 2.45) is 17.8 Å². The van der Waals surface area contributed by atoms with Crippen LogP contribution in [0.1, 0.15) is 459 Å². The fourth-order valence-electron chi connectivity index (χ4n) is 13.5. The van der Waals surface area contributed by atoms with Crippen LogP contribution in [0.3, 0.4) is 0 Å². The van der Waals surface area contributed by atoms with Crippen molar-refractivity contribution >= 4 is 39.5 Å². The summed E-state index contributed by atoms with van der Waals surface area (Å²) < 4.78 is 68.9. The van der Waals surface area contributed by atoms with Gasteiger partial charge < -0.3 is 33.8 Å². The minimum absolute atomic E-state index is 0.106. The topological polar surface area (TPSA) is 237 Å². The molecule has 3 N–H and O–H groups in total. The van der Waals surface area contributed by atoms with Crippen molar-refractivity contribution in [3.05, 3.63) is 0 Å². The fraction of sp³-hybridized carbons (Fsp3) is 0.954. The lowest BCUT2D eigenvalue weighted by Crippen LogP contribution is -2.30. The molecular weight excluding hydrogens is 1380 g/mol. The molecule has 19 heteroatoms. The van der Waals surface area contributed by atoms with E-state index in [4.69, 9.17) is 37.0 Å². The van der Waals surface area contributed by atoms with E-state index in [-0.39, 0.29) is 25.7 Å². The Morgan fingerprint density at radius 2 is 0.481 bits per heavy atom. The van der Waals surface area contributed by atoms with Gasteiger partial charge in [0.2, 0.25) is 0 Å². The van der Waals surface area contributed by atoms with Gasteiger partial charge in [-0.05, 0) is 43.4 Å². The fourth-order valence-corrected chi connectivity index (χ4v) is 15.1. The Hall–Kier alpha value is -1.94. The number of carbonyl (C=O) groups excluding carboxylic acids is 4. The number of phosphoric ester groups is 2. The van der Waals surface area contributed by atoms with Crippen molar-refractivity contribution in [3.8, 4) is 0 Å². The molecule has 0 saturated carbocycles. The summed E-state index contributed by atoms with van der Waals surface area (Å²) in [7, 11) is -9.93. The standard InChI is InChI=1S/C87H170O17P2/c1-8-11-12-13-14-15-16-17-18-19-23-26-29-34-39-47-54-61-68-84(89)97-74-82(103-86(91)70-63-56-49-40-35-30-27-24-21-20-22-25-28-33-38-45-52-59-66-79(6)9-2)76-101-105(93,94)99-72-81(88)73-100-106(95,96)102-77-83(75-98-85(90)69-62-55-48-43-42-46-53-60-67-80(7)10-3)104-87(92)71-64-57-50-41-36-31-32-37-44-51-58-65-78(4)5/h78-83,88H,8-77H2,1-7H3,(H,93,94)(H,95,96)/t79?,80?,81-,82-,83-/m1/s1. The van der Waals surface area contributed by atoms with Crippen molar-refractivity contribution in [1.82, 2.24) is 0 Å². The van der Waals surface area contributed by atoms with E-state index in [1.165, 1.54) is 270 Å². The van der Waals surface area contributed by atoms with Gasteiger partial charge in [0, 0.05) is 25.7 Å². The van der Waals surface area contributed by atoms with Gasteiger partial charge in [0.15, 0.2) is 12.2 Å². The summed E-state index contributed by atoms with van der Waals surface area (Å²) in [6.45, 7) is 12.1. The van der Waals surface area contributed by atoms with E-state index in [0.29, 0.717) is 25.7 Å². The lowest BCUT2D eigenvalue weighted by Gasteiger charge is -2.21. The molecule has 0 radical (unpaired) electrons. The van der Waals surface area contributed by atoms with Crippen LogP contribution < -0.4 is 0 Å². The van der Waals surface area contributed by atoms with Crippen molar-refractivity contribution in [1.29, 1.82) is 0 Å². The van der Waals surface area contributed by atoms with Crippen LogP contribution in [-0.2, 0) is 65.4 Å². The molecule has 630 valence electrons. The number of rotatable bonds is 85. The van der Waals surface area contributed by atoms with Crippen molar-refractivity contribution < 1.29 is 80.2 Å². The number of unbranched alkanes of at least 4 members (excludes halogenated alkanes) is 51. The molecule has 0 heterocycles. The number of phosphoric acid groups is 2. The van der Waals surface area contributed by atoms with Gasteiger partial charge in [-0.3, -0.25) is 37.3 Å². The number of ether oxygens (including phenoxy) is 4. The quantitative estimate of drug-likeness (QED) is 0.0222. The molecule has 4 unspecified atom stereocenters. The summed E-state index contributed by atoms with van der Waals surface area (Å²) in [6.07, 6.45) is 68.0. The minimum atomic E-state index is -4.97. The van der Waals surface area contributed by atoms with E-state index >= 15 is 0 Å². The van der Waals surface area contributed by atoms with Gasteiger partial charge >= 0.3 is 39.5 Å². The Morgan fingerprint density at radius 1 is 0.274 bits per heavy atom. The third kappa shape index (κ3) is 77.4. The van der Waals surface area contributed by atoms with E-state index < -0.39 is 97.5 Å². The van der Waals surface area contributed by atoms with Crippen LogP contribution >= 0.6 is 15.6 Å². The molecule has 0 amide bonds. The Bertz CT molecular complexity index is 2050. The molecule has 0 saturated heterocycles. The van der Waals surface area contributed by atoms with Gasteiger partial charge in [0.1, 0.15) is 19.3 Å². The van der Waals surface area contributed by atoms with Gasteiger partial charge in [-0.15, -0.1) is 0 Å². The van der Waals surface area contributed by atoms with Crippen molar-refractivity contribution in [3.63, 3.8) is 0 Å². The molecule has 17 nitrogen and oxygen atoms in total. The molecule has 0 aliphatic heterocycles. The van der Waals surface area contributed by atoms with E-state index in [0.717, 1.165) is 108 Å². The molecular formula is C87H170O17P2. The van der Waals surface area contributed by atoms with Gasteiger partial charge in [0.25, 0.3) is 0 Å². The normalized spacial score (nSPS) is 14.4. The second kappa shape index (κ2) is 77.0. The van der Waals surface area contributed by atoms with Gasteiger partial charge in [-0.25, -0.2) is 9.13 Å². The maximum Gasteiger partial charge on any atom is 0.472 e. The number of aliphatic hydroxyl groups is 1. The maximum absolute atomic E-state index is 13.2. The molecule has 106 heavy (non-hydrogen) atoms. The Labute approximate surface area is 651 Å². The second-order valence-electron chi connectivity index (χ2n) is 32.2. The molecule has 0 aromatic rings. The summed E-state index contributed by atoms with van der Waals surface area (Å²) >= 11 is 0. The highest BCUT2D eigenvalue weighted by atomic mass is 31.2. The molecule has 7 atom stereocenters. The zero-order chi connectivity index (χ0) is 77.9. The van der Waals surface area contributed by atoms with Crippen LogP contribution in [0.2, 0.25) is 0 Å². The summed E-state index contributed by atoms with van der Waals surface area (Å²) in [5, 5.41) is 10.7. The molecule has 0 aliphatic rings. The first-order valence-corrected chi connectivity index (χ1v) is 47.9. The Balaban J connectivity index is 5.25. The van der Waals surface area contributed by atoms with Crippen LogP contribution in [0.4, 0.5) is 0 Å². The highest BCUT2D eigenvalue weighted by Crippen LogP contribution is 2.45. The maximum atomic E-state index is 13.2. The number of esters is 4. The minimum Gasteiger partial charge on any atom is -0.462 e. The Morgan fingerprint density at radius 3 is 0.717 bits per heavy atom. The highest BCUT2D eigenvalue weighted by Gasteiger charge is 2.31. The number of aliphatic hydroxyl groups excluding tert-OH is 1. The highest BCUT2D eigenvalue weighted by molar-refractivity contribution is 7.47. The van der Waals surface area contributed by atoms with Crippen LogP contribution in [0.15, 0.2) is 0 Å². The molecule has 0 rings (SSSR count). The predicted molar refractivity (Wildman–Crippen MR) is 437 cm³/mol. The van der Waals surface area contributed by atoms with E-state index in [2.05, 4.69) is 48.5 Å². The monoisotopic (exact) mass is 1550 g/mol. The van der Waals surface area contributed by atoms with Gasteiger partial charge in [-0.2, -0.15) is 0 Å². The smallest absolute Gasteiger partial charge is 0.462 e. The summed E-state index contributed by atoms with van der Waals surface area (Å²) in [5.74, 6) is 0.310. The van der Waals surface area contributed by atoms with Crippen LogP contribution in [0.25, 0.3) is 0 Å². The third-order valence-corrected chi connectivity index (χ3v) is 23.0. The van der Waals surface area contributed by atoms with E-state index in [1.54, 1.807) is 0 Å². The second-order valence-corrected chi connectivity index (χ2v) is 35.1. The summed E-state index contributed by atoms with van der Waals surface area (Å²) in [4.78, 5) is 73.3. The molecule has 0 aromatic carbocycles. The third-order valence-electron chi connectivity index (χ3n) is 21.1. The van der Waals surface area contributed by atoms with Gasteiger partial charge in [0.05, 0.1) is 26.4 Å². The largest absolute Gasteiger partial charge is 0.472 e. The SMILES string of the molecule is CCCCCCCCCCCCCCCCCCCCC(=O)OC[C@H](COP(=O)(O)OC[C@@H](O)COP(=O)(O)OC[C@@H](COC(=O)CCCCCCCCCCC(C)CC)OC(=O)CCCCCCCCCCCCCC(C)C)OC(=O)CCCCCCCCCCCCCCCCCCCCC(C)CC. The average Bonchev–Trinajstić information content (AvgIpc) is 0.934. The molecule has 0 aromatic heterocycles. The lowest BCUT2D eigenvalue weighted by molar-refractivity contribution is -0.161. The van der Waals surface area contributed by atoms with Crippen LogP contribution in [0.5, 0.6) is 0 Å². The molecule has 0 aliphatic carbocycles. The van der Waals surface area contributed by atoms with Crippen LogP contribution in [0, 0.1) is 17.8 Å². The lowest BCUT2D eigenvalue weighted by atomic mass is 9.99. The molecule has 0 bridgehead atoms. The Kier molecular flexibility index (Phi) is 75.6. The molecule has 0 fully saturated rings. The zero-order valence-corrected chi connectivity index (χ0v) is 71.7. The first-order chi connectivity index (χ1) is 51.3. The number of hydrogen-bond acceptors (Lipinski definition) is 15. The summed E-state index contributed by atoms with van der Waals surface area (Å²) in [6, 6.07) is 0. The first-order valence-electron chi connectivity index (χ1n) is 44.9. The summed E-state index contributed by atoms with van der Waals surface area (Å²) in [5.41, 5.74) is 0. The zero-order valence-electron chi connectivity index (χ0n) is 69.9. The predicted octanol–water partition coefficient (Wildman–Crippen LogP) is 26.5. The average molecular weight is 1550 g/mol. The number of carbonyl (C=O) groups is 4. The van der Waals surface area contributed by atoms with E-state index in [9.17, 15) is 43.2 Å². The van der Waals surface area contributed by atoms with Crippen molar-refractivity contribution in [2.75, 3.05) is 39.6 Å². The molecule has 0 spiro atoms. The van der Waals surface area contributed by atoms with Crippen LogP contribution in [-0.4, -0.2) is 96.7 Å². The van der Waals surface area contributed by atoms with E-state index in [1.807, 2.05) is 0 Å². The van der Waals surface area contributed by atoms with Gasteiger partial charge in [-0.1, -0.05) is 408 Å².